The molecule has 0 aliphatic heterocycles. The average Bonchev–Trinajstić information content (AvgIpc) is 2.57. The quantitative estimate of drug-likeness (QED) is 0.417. The molecule has 0 aromatic heterocycles. The number of phenols is 2. The Hall–Kier alpha value is -3.02. The minimum Gasteiger partial charge on any atom is -0.508 e. The number of phenolic OH excluding ortho intramolecular Hbond substituents is 2. The van der Waals surface area contributed by atoms with E-state index in [1.807, 2.05) is 41.5 Å². The molecule has 0 fully saturated rings. The van der Waals surface area contributed by atoms with Crippen molar-refractivity contribution in [2.24, 2.45) is 0 Å². The topological polar surface area (TPSA) is 98.7 Å². The molecule has 162 valence electrons. The number of anilines is 2. The van der Waals surface area contributed by atoms with Crippen molar-refractivity contribution in [2.45, 2.75) is 66.2 Å². The number of carbonyl (C=O) groups excluding carboxylic acids is 2. The fourth-order valence-corrected chi connectivity index (χ4v) is 3.21. The van der Waals surface area contributed by atoms with Crippen LogP contribution in [0.4, 0.5) is 11.4 Å². The lowest BCUT2D eigenvalue weighted by Crippen LogP contribution is -2.30. The first-order valence-corrected chi connectivity index (χ1v) is 9.91. The number of rotatable bonds is 2. The van der Waals surface area contributed by atoms with Crippen LogP contribution in [0.1, 0.15) is 63.8 Å². The SMILES string of the molecule is Cc1cc(O)c(C(C)(C)C)cc1NC(=O)C(=O)Nc1cc(C(C)(C)C)c(O)cc1C. The second-order valence-electron chi connectivity index (χ2n) is 9.78. The average molecular weight is 413 g/mol. The Morgan fingerprint density at radius 3 is 1.23 bits per heavy atom. The van der Waals surface area contributed by atoms with Gasteiger partial charge in [-0.1, -0.05) is 41.5 Å². The molecular formula is C24H32N2O4. The molecule has 30 heavy (non-hydrogen) atoms. The summed E-state index contributed by atoms with van der Waals surface area (Å²) in [4.78, 5) is 25.1. The van der Waals surface area contributed by atoms with Crippen molar-refractivity contribution in [3.05, 3.63) is 46.5 Å². The van der Waals surface area contributed by atoms with Crippen molar-refractivity contribution in [2.75, 3.05) is 10.6 Å². The Morgan fingerprint density at radius 1 is 0.667 bits per heavy atom. The number of aromatic hydroxyl groups is 2. The number of carbonyl (C=O) groups is 2. The van der Waals surface area contributed by atoms with E-state index >= 15 is 0 Å². The smallest absolute Gasteiger partial charge is 0.314 e. The van der Waals surface area contributed by atoms with Crippen LogP contribution in [0.25, 0.3) is 0 Å². The number of nitrogens with one attached hydrogen (secondary N) is 2. The van der Waals surface area contributed by atoms with Gasteiger partial charge in [0.25, 0.3) is 0 Å². The zero-order valence-electron chi connectivity index (χ0n) is 19.0. The van der Waals surface area contributed by atoms with Crippen LogP contribution < -0.4 is 10.6 Å². The highest BCUT2D eigenvalue weighted by Gasteiger charge is 2.24. The minimum atomic E-state index is -0.812. The van der Waals surface area contributed by atoms with Crippen molar-refractivity contribution >= 4 is 23.2 Å². The van der Waals surface area contributed by atoms with Gasteiger partial charge in [-0.15, -0.1) is 0 Å². The summed E-state index contributed by atoms with van der Waals surface area (Å²) in [5.41, 5.74) is 2.93. The highest BCUT2D eigenvalue weighted by atomic mass is 16.3. The highest BCUT2D eigenvalue weighted by molar-refractivity contribution is 6.43. The lowest BCUT2D eigenvalue weighted by atomic mass is 9.85. The van der Waals surface area contributed by atoms with E-state index in [-0.39, 0.29) is 22.3 Å². The fraction of sp³-hybridized carbons (Fsp3) is 0.417. The molecule has 2 aromatic rings. The Balaban J connectivity index is 2.28. The zero-order valence-corrected chi connectivity index (χ0v) is 19.0. The monoisotopic (exact) mass is 412 g/mol. The van der Waals surface area contributed by atoms with Crippen LogP contribution in [0, 0.1) is 13.8 Å². The predicted octanol–water partition coefficient (Wildman–Crippen LogP) is 4.89. The standard InChI is InChI=1S/C24H32N2O4/c1-13-9-19(27)15(23(3,4)5)11-17(13)25-21(29)22(30)26-18-12-16(24(6,7)8)20(28)10-14(18)2/h9-12,27-28H,1-8H3,(H,25,29)(H,26,30). The lowest BCUT2D eigenvalue weighted by Gasteiger charge is -2.23. The predicted molar refractivity (Wildman–Crippen MR) is 120 cm³/mol. The van der Waals surface area contributed by atoms with Gasteiger partial charge in [0.05, 0.1) is 0 Å². The number of benzene rings is 2. The normalized spacial score (nSPS) is 11.9. The first-order chi connectivity index (χ1) is 13.6. The van der Waals surface area contributed by atoms with Gasteiger partial charge in [0, 0.05) is 22.5 Å². The summed E-state index contributed by atoms with van der Waals surface area (Å²) >= 11 is 0. The van der Waals surface area contributed by atoms with Gasteiger partial charge in [-0.3, -0.25) is 9.59 Å². The van der Waals surface area contributed by atoms with E-state index in [9.17, 15) is 19.8 Å². The van der Waals surface area contributed by atoms with Gasteiger partial charge in [0.1, 0.15) is 11.5 Å². The van der Waals surface area contributed by atoms with Crippen LogP contribution in [-0.4, -0.2) is 22.0 Å². The summed E-state index contributed by atoms with van der Waals surface area (Å²) in [7, 11) is 0. The van der Waals surface area contributed by atoms with Crippen molar-refractivity contribution < 1.29 is 19.8 Å². The van der Waals surface area contributed by atoms with Crippen molar-refractivity contribution in [3.8, 4) is 11.5 Å². The molecule has 0 atom stereocenters. The van der Waals surface area contributed by atoms with E-state index in [0.29, 0.717) is 33.6 Å². The summed E-state index contributed by atoms with van der Waals surface area (Å²) in [5, 5.41) is 25.7. The molecule has 6 nitrogen and oxygen atoms in total. The second kappa shape index (κ2) is 8.01. The fourth-order valence-electron chi connectivity index (χ4n) is 3.21. The Bertz CT molecular complexity index is 914. The number of hydrogen-bond acceptors (Lipinski definition) is 4. The Kier molecular flexibility index (Phi) is 6.21. The van der Waals surface area contributed by atoms with Crippen molar-refractivity contribution in [3.63, 3.8) is 0 Å². The van der Waals surface area contributed by atoms with Gasteiger partial charge in [-0.2, -0.15) is 0 Å². The molecule has 2 rings (SSSR count). The number of amides is 2. The van der Waals surface area contributed by atoms with E-state index in [1.54, 1.807) is 38.1 Å². The second-order valence-corrected chi connectivity index (χ2v) is 9.78. The molecule has 0 bridgehead atoms. The minimum absolute atomic E-state index is 0.150. The number of aryl methyl sites for hydroxylation is 2. The summed E-state index contributed by atoms with van der Waals surface area (Å²) in [6.45, 7) is 15.2. The molecule has 2 aromatic carbocycles. The summed E-state index contributed by atoms with van der Waals surface area (Å²) in [6, 6.07) is 6.54. The Morgan fingerprint density at radius 2 is 0.967 bits per heavy atom. The molecule has 4 N–H and O–H groups in total. The van der Waals surface area contributed by atoms with E-state index in [1.165, 1.54) is 0 Å². The molecule has 0 saturated carbocycles. The molecule has 0 heterocycles. The molecule has 2 amide bonds. The zero-order chi connectivity index (χ0) is 23.0. The molecule has 6 heteroatoms. The third-order valence-electron chi connectivity index (χ3n) is 5.00. The van der Waals surface area contributed by atoms with Crippen LogP contribution in [0.5, 0.6) is 11.5 Å². The van der Waals surface area contributed by atoms with Gasteiger partial charge in [-0.25, -0.2) is 0 Å². The third-order valence-corrected chi connectivity index (χ3v) is 5.00. The van der Waals surface area contributed by atoms with Gasteiger partial charge < -0.3 is 20.8 Å². The molecule has 0 radical (unpaired) electrons. The van der Waals surface area contributed by atoms with E-state index in [4.69, 9.17) is 0 Å². The van der Waals surface area contributed by atoms with Crippen LogP contribution in [0.3, 0.4) is 0 Å². The maximum Gasteiger partial charge on any atom is 0.314 e. The van der Waals surface area contributed by atoms with Crippen molar-refractivity contribution in [1.29, 1.82) is 0 Å². The molecule has 0 aliphatic rings. The largest absolute Gasteiger partial charge is 0.508 e. The summed E-state index contributed by atoms with van der Waals surface area (Å²) < 4.78 is 0. The summed E-state index contributed by atoms with van der Waals surface area (Å²) in [6.07, 6.45) is 0. The third kappa shape index (κ3) is 5.12. The molecule has 0 spiro atoms. The maximum atomic E-state index is 12.5. The molecule has 0 aliphatic carbocycles. The number of hydrogen-bond donors (Lipinski definition) is 4. The van der Waals surface area contributed by atoms with Crippen LogP contribution in [-0.2, 0) is 20.4 Å². The van der Waals surface area contributed by atoms with Gasteiger partial charge in [0.15, 0.2) is 0 Å². The van der Waals surface area contributed by atoms with E-state index in [0.717, 1.165) is 0 Å². The first-order valence-electron chi connectivity index (χ1n) is 9.91. The van der Waals surface area contributed by atoms with Crippen LogP contribution in [0.15, 0.2) is 24.3 Å². The van der Waals surface area contributed by atoms with E-state index < -0.39 is 11.8 Å². The van der Waals surface area contributed by atoms with Gasteiger partial charge in [-0.05, 0) is 60.1 Å². The Labute approximate surface area is 178 Å². The van der Waals surface area contributed by atoms with Crippen LogP contribution in [0.2, 0.25) is 0 Å². The van der Waals surface area contributed by atoms with Gasteiger partial charge >= 0.3 is 11.8 Å². The van der Waals surface area contributed by atoms with E-state index in [2.05, 4.69) is 10.6 Å². The first kappa shape index (κ1) is 23.3. The van der Waals surface area contributed by atoms with Gasteiger partial charge in [0.2, 0.25) is 0 Å². The molecular weight excluding hydrogens is 380 g/mol. The maximum absolute atomic E-state index is 12.5. The molecule has 0 saturated heterocycles. The highest BCUT2D eigenvalue weighted by Crippen LogP contribution is 2.36. The van der Waals surface area contributed by atoms with Crippen LogP contribution >= 0.6 is 0 Å². The molecule has 0 unspecified atom stereocenters. The summed E-state index contributed by atoms with van der Waals surface area (Å²) in [5.74, 6) is -1.32. The lowest BCUT2D eigenvalue weighted by molar-refractivity contribution is -0.133. The van der Waals surface area contributed by atoms with Crippen molar-refractivity contribution in [1.82, 2.24) is 0 Å².